The Bertz CT molecular complexity index is 1020. The summed E-state index contributed by atoms with van der Waals surface area (Å²) in [7, 11) is -2.78. The fourth-order valence-electron chi connectivity index (χ4n) is 2.30. The van der Waals surface area contributed by atoms with E-state index in [-0.39, 0.29) is 10.5 Å². The number of rotatable bonds is 4. The minimum atomic E-state index is -3.97. The fourth-order valence-corrected chi connectivity index (χ4v) is 3.54. The van der Waals surface area contributed by atoms with Crippen molar-refractivity contribution in [2.45, 2.75) is 11.8 Å². The van der Waals surface area contributed by atoms with Crippen LogP contribution in [0.1, 0.15) is 16.2 Å². The van der Waals surface area contributed by atoms with Crippen molar-refractivity contribution >= 4 is 32.8 Å². The summed E-state index contributed by atoms with van der Waals surface area (Å²) in [5, 5.41) is 0. The van der Waals surface area contributed by atoms with E-state index in [1.54, 1.807) is 31.2 Å². The van der Waals surface area contributed by atoms with Gasteiger partial charge in [-0.2, -0.15) is 0 Å². The number of oxazole rings is 1. The maximum atomic E-state index is 12.6. The summed E-state index contributed by atoms with van der Waals surface area (Å²) >= 11 is 0. The smallest absolute Gasteiger partial charge is 0.339 e. The van der Waals surface area contributed by atoms with Gasteiger partial charge in [-0.1, -0.05) is 12.1 Å². The summed E-state index contributed by atoms with van der Waals surface area (Å²) in [5.41, 5.74) is 1.38. The van der Waals surface area contributed by atoms with Gasteiger partial charge in [0, 0.05) is 6.92 Å². The maximum Gasteiger partial charge on any atom is 0.339 e. The molecule has 8 heteroatoms. The van der Waals surface area contributed by atoms with Crippen LogP contribution in [-0.4, -0.2) is 26.5 Å². The van der Waals surface area contributed by atoms with E-state index in [9.17, 15) is 13.2 Å². The number of carbonyl (C=O) groups excluding carboxylic acids is 1. The highest BCUT2D eigenvalue weighted by atomic mass is 32.2. The normalized spacial score (nSPS) is 11.4. The second-order valence-corrected chi connectivity index (χ2v) is 6.66. The number of carbonyl (C=O) groups is 1. The van der Waals surface area contributed by atoms with Crippen molar-refractivity contribution in [3.63, 3.8) is 0 Å². The van der Waals surface area contributed by atoms with E-state index in [0.717, 1.165) is 0 Å². The molecule has 0 amide bonds. The molecule has 0 fully saturated rings. The molecule has 0 unspecified atom stereocenters. The van der Waals surface area contributed by atoms with Crippen LogP contribution in [0.3, 0.4) is 0 Å². The zero-order chi connectivity index (χ0) is 17.3. The molecule has 24 heavy (non-hydrogen) atoms. The van der Waals surface area contributed by atoms with Crippen LogP contribution in [0, 0.1) is 6.92 Å². The molecule has 0 saturated heterocycles. The van der Waals surface area contributed by atoms with Crippen molar-refractivity contribution in [3.05, 3.63) is 53.9 Å². The van der Waals surface area contributed by atoms with E-state index in [0.29, 0.717) is 22.7 Å². The van der Waals surface area contributed by atoms with Crippen molar-refractivity contribution in [2.75, 3.05) is 11.8 Å². The van der Waals surface area contributed by atoms with E-state index >= 15 is 0 Å². The first kappa shape index (κ1) is 16.0. The third-order valence-electron chi connectivity index (χ3n) is 3.33. The number of hydrogen-bond donors (Lipinski definition) is 1. The SMILES string of the molecule is COC(=O)c1ccccc1S(=O)(=O)Nc1ccc2oc(C)nc2c1. The molecule has 1 N–H and O–H groups in total. The lowest BCUT2D eigenvalue weighted by Crippen LogP contribution is -2.17. The average molecular weight is 346 g/mol. The molecule has 0 aliphatic heterocycles. The quantitative estimate of drug-likeness (QED) is 0.729. The lowest BCUT2D eigenvalue weighted by Gasteiger charge is -2.11. The molecule has 124 valence electrons. The van der Waals surface area contributed by atoms with Crippen LogP contribution < -0.4 is 4.72 Å². The van der Waals surface area contributed by atoms with E-state index in [2.05, 4.69) is 14.4 Å². The topological polar surface area (TPSA) is 98.5 Å². The number of methoxy groups -OCH3 is 1. The van der Waals surface area contributed by atoms with Crippen LogP contribution in [-0.2, 0) is 14.8 Å². The van der Waals surface area contributed by atoms with Crippen LogP contribution in [0.15, 0.2) is 51.8 Å². The van der Waals surface area contributed by atoms with Crippen LogP contribution in [0.2, 0.25) is 0 Å². The minimum absolute atomic E-state index is 0.0362. The third-order valence-corrected chi connectivity index (χ3v) is 4.77. The van der Waals surface area contributed by atoms with Crippen LogP contribution in [0.5, 0.6) is 0 Å². The second-order valence-electron chi connectivity index (χ2n) is 5.01. The zero-order valence-corrected chi connectivity index (χ0v) is 13.8. The summed E-state index contributed by atoms with van der Waals surface area (Å²) in [6, 6.07) is 10.6. The predicted molar refractivity (Wildman–Crippen MR) is 87.3 cm³/mol. The van der Waals surface area contributed by atoms with Crippen molar-refractivity contribution in [2.24, 2.45) is 0 Å². The first-order valence-electron chi connectivity index (χ1n) is 6.98. The molecule has 0 aliphatic carbocycles. The molecular weight excluding hydrogens is 332 g/mol. The molecule has 0 radical (unpaired) electrons. The molecule has 1 heterocycles. The molecule has 0 spiro atoms. The standard InChI is InChI=1S/C16H14N2O5S/c1-10-17-13-9-11(7-8-14(13)23-10)18-24(20,21)15-6-4-3-5-12(15)16(19)22-2/h3-9,18H,1-2H3. The van der Waals surface area contributed by atoms with Crippen molar-refractivity contribution in [3.8, 4) is 0 Å². The van der Waals surface area contributed by atoms with Gasteiger partial charge in [0.1, 0.15) is 10.4 Å². The Balaban J connectivity index is 2.00. The summed E-state index contributed by atoms with van der Waals surface area (Å²) in [6.07, 6.45) is 0. The molecular formula is C16H14N2O5S. The molecule has 1 aromatic heterocycles. The number of sulfonamides is 1. The lowest BCUT2D eigenvalue weighted by molar-refractivity contribution is 0.0596. The molecule has 0 bridgehead atoms. The third kappa shape index (κ3) is 2.95. The van der Waals surface area contributed by atoms with Gasteiger partial charge in [0.15, 0.2) is 11.5 Å². The Hall–Kier alpha value is -2.87. The summed E-state index contributed by atoms with van der Waals surface area (Å²) in [4.78, 5) is 15.8. The molecule has 3 aromatic rings. The van der Waals surface area contributed by atoms with Gasteiger partial charge < -0.3 is 9.15 Å². The zero-order valence-electron chi connectivity index (χ0n) is 12.9. The van der Waals surface area contributed by atoms with E-state index in [1.165, 1.54) is 25.3 Å². The van der Waals surface area contributed by atoms with E-state index < -0.39 is 16.0 Å². The van der Waals surface area contributed by atoms with Gasteiger partial charge in [-0.15, -0.1) is 0 Å². The Kier molecular flexibility index (Phi) is 3.98. The number of fused-ring (bicyclic) bond motifs is 1. The van der Waals surface area contributed by atoms with Gasteiger partial charge >= 0.3 is 5.97 Å². The van der Waals surface area contributed by atoms with Gasteiger partial charge in [-0.05, 0) is 30.3 Å². The van der Waals surface area contributed by atoms with Crippen molar-refractivity contribution in [1.82, 2.24) is 4.98 Å². The Labute approximate surface area is 138 Å². The molecule has 7 nitrogen and oxygen atoms in total. The summed E-state index contributed by atoms with van der Waals surface area (Å²) < 4.78 is 37.7. The molecule has 0 saturated carbocycles. The first-order valence-corrected chi connectivity index (χ1v) is 8.46. The fraction of sp³-hybridized carbons (Fsp3) is 0.125. The molecule has 0 aliphatic rings. The number of aryl methyl sites for hydroxylation is 1. The molecule has 3 rings (SSSR count). The monoisotopic (exact) mass is 346 g/mol. The number of aromatic nitrogens is 1. The highest BCUT2D eigenvalue weighted by molar-refractivity contribution is 7.92. The van der Waals surface area contributed by atoms with Gasteiger partial charge in [0.2, 0.25) is 0 Å². The average Bonchev–Trinajstić information content (AvgIpc) is 2.93. The Morgan fingerprint density at radius 1 is 1.21 bits per heavy atom. The summed E-state index contributed by atoms with van der Waals surface area (Å²) in [5.74, 6) is -0.236. The molecule has 2 aromatic carbocycles. The minimum Gasteiger partial charge on any atom is -0.465 e. The Morgan fingerprint density at radius 2 is 1.96 bits per heavy atom. The van der Waals surface area contributed by atoms with Gasteiger partial charge in [0.05, 0.1) is 18.4 Å². The highest BCUT2D eigenvalue weighted by Crippen LogP contribution is 2.24. The predicted octanol–water partition coefficient (Wildman–Crippen LogP) is 2.72. The van der Waals surface area contributed by atoms with E-state index in [4.69, 9.17) is 4.42 Å². The Morgan fingerprint density at radius 3 is 2.71 bits per heavy atom. The number of nitrogens with one attached hydrogen (secondary N) is 1. The highest BCUT2D eigenvalue weighted by Gasteiger charge is 2.23. The van der Waals surface area contributed by atoms with Gasteiger partial charge in [-0.25, -0.2) is 18.2 Å². The number of benzene rings is 2. The lowest BCUT2D eigenvalue weighted by atomic mass is 10.2. The first-order chi connectivity index (χ1) is 11.4. The maximum absolute atomic E-state index is 12.6. The van der Waals surface area contributed by atoms with Crippen LogP contribution in [0.4, 0.5) is 5.69 Å². The van der Waals surface area contributed by atoms with Gasteiger partial charge in [-0.3, -0.25) is 4.72 Å². The van der Waals surface area contributed by atoms with Crippen LogP contribution in [0.25, 0.3) is 11.1 Å². The number of ether oxygens (including phenoxy) is 1. The number of hydrogen-bond acceptors (Lipinski definition) is 6. The second kappa shape index (κ2) is 5.97. The van der Waals surface area contributed by atoms with Crippen molar-refractivity contribution in [1.29, 1.82) is 0 Å². The van der Waals surface area contributed by atoms with E-state index in [1.807, 2.05) is 0 Å². The number of esters is 1. The number of nitrogens with zero attached hydrogens (tertiary/aromatic N) is 1. The van der Waals surface area contributed by atoms with Crippen LogP contribution >= 0.6 is 0 Å². The van der Waals surface area contributed by atoms with Gasteiger partial charge in [0.25, 0.3) is 10.0 Å². The van der Waals surface area contributed by atoms with Crippen molar-refractivity contribution < 1.29 is 22.4 Å². The molecule has 0 atom stereocenters. The summed E-state index contributed by atoms with van der Waals surface area (Å²) in [6.45, 7) is 1.70. The largest absolute Gasteiger partial charge is 0.465 e. The number of anilines is 1.